The van der Waals surface area contributed by atoms with E-state index in [2.05, 4.69) is 20.5 Å². The van der Waals surface area contributed by atoms with Crippen molar-refractivity contribution in [2.45, 2.75) is 13.3 Å². The number of rotatable bonds is 6. The van der Waals surface area contributed by atoms with Crippen LogP contribution in [0.25, 0.3) is 0 Å². The predicted octanol–water partition coefficient (Wildman–Crippen LogP) is 0.967. The van der Waals surface area contributed by atoms with Crippen molar-refractivity contribution >= 4 is 17.9 Å². The van der Waals surface area contributed by atoms with Gasteiger partial charge in [-0.1, -0.05) is 12.1 Å². The van der Waals surface area contributed by atoms with Gasteiger partial charge in [0.05, 0.1) is 16.8 Å². The van der Waals surface area contributed by atoms with Gasteiger partial charge in [-0.05, 0) is 6.92 Å². The Hall–Kier alpha value is -3.07. The van der Waals surface area contributed by atoms with E-state index in [1.165, 1.54) is 18.3 Å². The first-order chi connectivity index (χ1) is 11.0. The molecule has 1 heterocycles. The van der Waals surface area contributed by atoms with Crippen molar-refractivity contribution in [1.82, 2.24) is 9.97 Å². The van der Waals surface area contributed by atoms with Crippen molar-refractivity contribution in [3.8, 4) is 0 Å². The topological polar surface area (TPSA) is 134 Å². The van der Waals surface area contributed by atoms with Gasteiger partial charge in [0.2, 0.25) is 5.95 Å². The first-order valence-corrected chi connectivity index (χ1v) is 6.75. The molecule has 0 radical (unpaired) electrons. The number of anilines is 1. The van der Waals surface area contributed by atoms with E-state index in [0.717, 1.165) is 0 Å². The molecule has 0 atom stereocenters. The van der Waals surface area contributed by atoms with Crippen LogP contribution >= 0.6 is 0 Å². The molecule has 9 heteroatoms. The number of nitro benzene ring substituents is 1. The van der Waals surface area contributed by atoms with Gasteiger partial charge in [0.25, 0.3) is 11.2 Å². The number of hydrazone groups is 1. The highest BCUT2D eigenvalue weighted by Gasteiger charge is 2.07. The number of aliphatic hydroxyl groups is 1. The molecule has 1 aromatic carbocycles. The minimum atomic E-state index is -0.493. The van der Waals surface area contributed by atoms with Crippen molar-refractivity contribution in [3.63, 3.8) is 0 Å². The van der Waals surface area contributed by atoms with Crippen molar-refractivity contribution in [3.05, 3.63) is 61.6 Å². The number of aromatic nitrogens is 2. The van der Waals surface area contributed by atoms with Crippen LogP contribution < -0.4 is 11.0 Å². The van der Waals surface area contributed by atoms with Gasteiger partial charge >= 0.3 is 0 Å². The zero-order valence-electron chi connectivity index (χ0n) is 12.3. The SMILES string of the molecule is Cc1nc(N/N=C\c2cccc([N+](=O)[O-])c2)[nH]c(=O)c1CCO. The minimum absolute atomic E-state index is 0.0373. The fourth-order valence-electron chi connectivity index (χ4n) is 1.96. The van der Waals surface area contributed by atoms with Gasteiger partial charge in [0, 0.05) is 36.3 Å². The second-order valence-corrected chi connectivity index (χ2v) is 4.67. The number of nitrogens with one attached hydrogen (secondary N) is 2. The highest BCUT2D eigenvalue weighted by atomic mass is 16.6. The zero-order valence-corrected chi connectivity index (χ0v) is 12.3. The maximum atomic E-state index is 11.8. The number of hydrogen-bond donors (Lipinski definition) is 3. The Labute approximate surface area is 130 Å². The molecule has 2 rings (SSSR count). The largest absolute Gasteiger partial charge is 0.396 e. The number of hydrogen-bond acceptors (Lipinski definition) is 7. The lowest BCUT2D eigenvalue weighted by Gasteiger charge is -2.05. The molecule has 3 N–H and O–H groups in total. The number of nitro groups is 1. The lowest BCUT2D eigenvalue weighted by Crippen LogP contribution is -2.19. The second-order valence-electron chi connectivity index (χ2n) is 4.67. The van der Waals surface area contributed by atoms with Crippen molar-refractivity contribution in [2.75, 3.05) is 12.0 Å². The Morgan fingerprint density at radius 2 is 2.30 bits per heavy atom. The average molecular weight is 317 g/mol. The van der Waals surface area contributed by atoms with Gasteiger partial charge in [-0.2, -0.15) is 5.10 Å². The molecular formula is C14H15N5O4. The van der Waals surface area contributed by atoms with E-state index in [1.54, 1.807) is 19.1 Å². The van der Waals surface area contributed by atoms with Crippen LogP contribution in [0.1, 0.15) is 16.8 Å². The number of aliphatic hydroxyl groups excluding tert-OH is 1. The number of non-ortho nitro benzene ring substituents is 1. The summed E-state index contributed by atoms with van der Waals surface area (Å²) >= 11 is 0. The molecule has 120 valence electrons. The average Bonchev–Trinajstić information content (AvgIpc) is 2.51. The molecule has 2 aromatic rings. The summed E-state index contributed by atoms with van der Waals surface area (Å²) in [5, 5.41) is 23.5. The second kappa shape index (κ2) is 7.27. The van der Waals surface area contributed by atoms with Gasteiger partial charge in [-0.25, -0.2) is 10.4 Å². The van der Waals surface area contributed by atoms with Gasteiger partial charge in [0.1, 0.15) is 0 Å². The fourth-order valence-corrected chi connectivity index (χ4v) is 1.96. The Morgan fingerprint density at radius 3 is 2.96 bits per heavy atom. The maximum Gasteiger partial charge on any atom is 0.270 e. The third-order valence-corrected chi connectivity index (χ3v) is 3.05. The van der Waals surface area contributed by atoms with Gasteiger partial charge < -0.3 is 5.11 Å². The molecule has 0 amide bonds. The van der Waals surface area contributed by atoms with Crippen LogP contribution in [0.3, 0.4) is 0 Å². The van der Waals surface area contributed by atoms with Gasteiger partial charge in [-0.3, -0.25) is 19.9 Å². The Kier molecular flexibility index (Phi) is 5.15. The number of benzene rings is 1. The van der Waals surface area contributed by atoms with E-state index < -0.39 is 4.92 Å². The molecule has 1 aromatic heterocycles. The Balaban J connectivity index is 2.13. The van der Waals surface area contributed by atoms with E-state index in [4.69, 9.17) is 5.11 Å². The van der Waals surface area contributed by atoms with E-state index in [-0.39, 0.29) is 30.2 Å². The van der Waals surface area contributed by atoms with E-state index in [9.17, 15) is 14.9 Å². The molecular weight excluding hydrogens is 302 g/mol. The van der Waals surface area contributed by atoms with Crippen LogP contribution in [-0.4, -0.2) is 32.8 Å². The summed E-state index contributed by atoms with van der Waals surface area (Å²) in [4.78, 5) is 28.7. The monoisotopic (exact) mass is 317 g/mol. The standard InChI is InChI=1S/C14H15N5O4/c1-9-12(5-6-20)13(21)17-14(16-9)18-15-8-10-3-2-4-11(7-10)19(22)23/h2-4,7-8,20H,5-6H2,1H3,(H2,16,17,18,21)/b15-8-. The summed E-state index contributed by atoms with van der Waals surface area (Å²) in [5.41, 5.74) is 3.62. The van der Waals surface area contributed by atoms with Crippen molar-refractivity contribution in [1.29, 1.82) is 0 Å². The number of nitrogens with zero attached hydrogens (tertiary/aromatic N) is 3. The lowest BCUT2D eigenvalue weighted by molar-refractivity contribution is -0.384. The number of aryl methyl sites for hydroxylation is 1. The molecule has 0 saturated carbocycles. The first-order valence-electron chi connectivity index (χ1n) is 6.75. The molecule has 0 aliphatic carbocycles. The molecule has 0 aliphatic rings. The molecule has 0 saturated heterocycles. The van der Waals surface area contributed by atoms with E-state index in [1.807, 2.05) is 0 Å². The van der Waals surface area contributed by atoms with Crippen LogP contribution in [0.15, 0.2) is 34.2 Å². The molecule has 23 heavy (non-hydrogen) atoms. The van der Waals surface area contributed by atoms with Crippen LogP contribution in [-0.2, 0) is 6.42 Å². The summed E-state index contributed by atoms with van der Waals surface area (Å²) in [6.07, 6.45) is 1.61. The lowest BCUT2D eigenvalue weighted by atomic mass is 10.2. The highest BCUT2D eigenvalue weighted by Crippen LogP contribution is 2.11. The zero-order chi connectivity index (χ0) is 16.8. The summed E-state index contributed by atoms with van der Waals surface area (Å²) < 4.78 is 0. The normalized spacial score (nSPS) is 10.9. The summed E-state index contributed by atoms with van der Waals surface area (Å²) in [6.45, 7) is 1.53. The van der Waals surface area contributed by atoms with E-state index >= 15 is 0 Å². The smallest absolute Gasteiger partial charge is 0.270 e. The van der Waals surface area contributed by atoms with Crippen molar-refractivity contribution < 1.29 is 10.0 Å². The Morgan fingerprint density at radius 1 is 1.52 bits per heavy atom. The summed E-state index contributed by atoms with van der Waals surface area (Å²) in [6, 6.07) is 5.96. The molecule has 0 aliphatic heterocycles. The summed E-state index contributed by atoms with van der Waals surface area (Å²) in [7, 11) is 0. The van der Waals surface area contributed by atoms with Gasteiger partial charge in [-0.15, -0.1) is 0 Å². The third-order valence-electron chi connectivity index (χ3n) is 3.05. The molecule has 9 nitrogen and oxygen atoms in total. The molecule has 0 spiro atoms. The first kappa shape index (κ1) is 16.3. The highest BCUT2D eigenvalue weighted by molar-refractivity contribution is 5.81. The Bertz CT molecular complexity index is 800. The quantitative estimate of drug-likeness (QED) is 0.413. The predicted molar refractivity (Wildman–Crippen MR) is 84.7 cm³/mol. The number of H-pyrrole nitrogens is 1. The van der Waals surface area contributed by atoms with Crippen LogP contribution in [0.5, 0.6) is 0 Å². The van der Waals surface area contributed by atoms with Crippen LogP contribution in [0.2, 0.25) is 0 Å². The fraction of sp³-hybridized carbons (Fsp3) is 0.214. The summed E-state index contributed by atoms with van der Waals surface area (Å²) in [5.74, 6) is 0.149. The molecule has 0 bridgehead atoms. The maximum absolute atomic E-state index is 11.8. The number of aromatic amines is 1. The molecule has 0 unspecified atom stereocenters. The third kappa shape index (κ3) is 4.20. The van der Waals surface area contributed by atoms with E-state index in [0.29, 0.717) is 16.8 Å². The van der Waals surface area contributed by atoms with Crippen LogP contribution in [0, 0.1) is 17.0 Å². The van der Waals surface area contributed by atoms with Gasteiger partial charge in [0.15, 0.2) is 0 Å². The molecule has 0 fully saturated rings. The van der Waals surface area contributed by atoms with Crippen molar-refractivity contribution in [2.24, 2.45) is 5.10 Å². The van der Waals surface area contributed by atoms with Crippen LogP contribution in [0.4, 0.5) is 11.6 Å². The minimum Gasteiger partial charge on any atom is -0.396 e.